The van der Waals surface area contributed by atoms with E-state index < -0.39 is 16.2 Å². The second kappa shape index (κ2) is 12.1. The van der Waals surface area contributed by atoms with E-state index in [4.69, 9.17) is 70.6 Å². The van der Waals surface area contributed by atoms with Gasteiger partial charge >= 0.3 is 0 Å². The Morgan fingerprint density at radius 1 is 0.545 bits per heavy atom. The molecule has 0 atom stereocenters. The number of hydrogen-bond donors (Lipinski definition) is 0. The van der Waals surface area contributed by atoms with Crippen LogP contribution >= 0.6 is 0 Å². The van der Waals surface area contributed by atoms with Gasteiger partial charge in [-0.2, -0.15) is 0 Å². The summed E-state index contributed by atoms with van der Waals surface area (Å²) in [6.07, 6.45) is 3.69. The predicted octanol–water partition coefficient (Wildman–Crippen LogP) is 1.33. The van der Waals surface area contributed by atoms with Gasteiger partial charge in [-0.25, -0.2) is 0 Å². The molecule has 244 valence electrons. The van der Waals surface area contributed by atoms with Gasteiger partial charge in [-0.15, -0.1) is 10.9 Å². The summed E-state index contributed by atoms with van der Waals surface area (Å²) in [6.45, 7) is 21.4. The third kappa shape index (κ3) is 4.79. The van der Waals surface area contributed by atoms with E-state index in [0.717, 1.165) is 55.6 Å². The number of allylic oxidation sites excluding steroid dienone is 4. The Kier molecular flexibility index (Phi) is 8.28. The van der Waals surface area contributed by atoms with Crippen molar-refractivity contribution in [3.63, 3.8) is 0 Å². The summed E-state index contributed by atoms with van der Waals surface area (Å²) in [4.78, 5) is 1.97. The standard InChI is InChI=1S/C45H32B9N/c1-9-12-23-19(2)30-34(44(23,5)6)38(52)39(53)40(54)41(30)55(29-18-26-31(37(51)36(29)50)21-13-10-11-14-24(21)43(26,3)4)42-32-22-15-20(46)16-27(47)33(22)45(7,8)25(32)17-28(48)35(42)49/h9-18H,1-2H2,3-8H3/b23-12+. The second-order valence-electron chi connectivity index (χ2n) is 16.7. The van der Waals surface area contributed by atoms with Crippen LogP contribution in [-0.4, -0.2) is 70.6 Å². The van der Waals surface area contributed by atoms with Crippen molar-refractivity contribution in [3.8, 4) is 22.3 Å². The minimum absolute atomic E-state index is 0.216. The average Bonchev–Trinajstić information content (AvgIpc) is 3.57. The quantitative estimate of drug-likeness (QED) is 0.259. The highest BCUT2D eigenvalue weighted by Gasteiger charge is 2.45. The van der Waals surface area contributed by atoms with Gasteiger partial charge in [0.25, 0.3) is 0 Å². The monoisotopic (exact) mass is 685 g/mol. The van der Waals surface area contributed by atoms with Crippen LogP contribution in [-0.2, 0) is 16.2 Å². The van der Waals surface area contributed by atoms with Crippen molar-refractivity contribution < 1.29 is 0 Å². The molecule has 5 aromatic carbocycles. The molecule has 0 fully saturated rings. The van der Waals surface area contributed by atoms with Crippen LogP contribution in [0.2, 0.25) is 0 Å². The average molecular weight is 684 g/mol. The first kappa shape index (κ1) is 37.6. The topological polar surface area (TPSA) is 3.24 Å². The molecule has 0 bridgehead atoms. The molecule has 1 nitrogen and oxygen atoms in total. The maximum absolute atomic E-state index is 7.31. The molecule has 0 heterocycles. The van der Waals surface area contributed by atoms with E-state index in [1.165, 1.54) is 0 Å². The molecular formula is C45H32B9N. The summed E-state index contributed by atoms with van der Waals surface area (Å²) in [5, 5.41) is 0. The fourth-order valence-electron chi connectivity index (χ4n) is 9.88. The van der Waals surface area contributed by atoms with Crippen molar-refractivity contribution in [1.82, 2.24) is 0 Å². The smallest absolute Gasteiger partial charge is 0.115 e. The lowest BCUT2D eigenvalue weighted by molar-refractivity contribution is 0.661. The lowest BCUT2D eigenvalue weighted by Crippen LogP contribution is -2.47. The van der Waals surface area contributed by atoms with Crippen LogP contribution < -0.4 is 54.1 Å². The van der Waals surface area contributed by atoms with Crippen LogP contribution in [0.3, 0.4) is 0 Å². The minimum atomic E-state index is -0.639. The molecule has 8 rings (SSSR count). The largest absolute Gasteiger partial charge is 0.311 e. The normalized spacial score (nSPS) is 17.1. The summed E-state index contributed by atoms with van der Waals surface area (Å²) < 4.78 is 0. The Morgan fingerprint density at radius 3 is 1.85 bits per heavy atom. The second-order valence-corrected chi connectivity index (χ2v) is 16.7. The molecule has 0 N–H and O–H groups in total. The fraction of sp³-hybridized carbons (Fsp3) is 0.200. The van der Waals surface area contributed by atoms with Crippen LogP contribution in [0.15, 0.2) is 79.4 Å². The summed E-state index contributed by atoms with van der Waals surface area (Å²) >= 11 is 0. The Hall–Kier alpha value is -4.30. The van der Waals surface area contributed by atoms with Crippen LogP contribution in [0, 0.1) is 0 Å². The first-order valence-electron chi connectivity index (χ1n) is 18.3. The van der Waals surface area contributed by atoms with E-state index in [1.807, 2.05) is 35.2 Å². The minimum Gasteiger partial charge on any atom is -0.311 e. The SMILES string of the molecule is [B]c1cc([B])c2c(c1)-c1c(cc([B])c([B])c1N(c1cc3c(c([B])c1[B])-c1ccccc1C3(C)C)c1c([B])c([B])c([B])c3c1C(=C)/C(=C\C=C)C3(C)C)C2(C)C. The van der Waals surface area contributed by atoms with Gasteiger partial charge in [0, 0.05) is 44.4 Å². The number of benzene rings is 5. The van der Waals surface area contributed by atoms with Crippen molar-refractivity contribution in [2.45, 2.75) is 57.8 Å². The zero-order chi connectivity index (χ0) is 40.0. The van der Waals surface area contributed by atoms with Crippen molar-refractivity contribution in [2.75, 3.05) is 4.90 Å². The molecule has 0 aromatic heterocycles. The van der Waals surface area contributed by atoms with Gasteiger partial charge in [0.2, 0.25) is 0 Å². The van der Waals surface area contributed by atoms with Gasteiger partial charge in [0.15, 0.2) is 0 Å². The maximum atomic E-state index is 7.31. The van der Waals surface area contributed by atoms with Crippen LogP contribution in [0.4, 0.5) is 17.1 Å². The molecule has 3 aliphatic carbocycles. The van der Waals surface area contributed by atoms with E-state index >= 15 is 0 Å². The lowest BCUT2D eigenvalue weighted by Gasteiger charge is -2.38. The zero-order valence-corrected chi connectivity index (χ0v) is 32.3. The summed E-state index contributed by atoms with van der Waals surface area (Å²) in [7, 11) is 63.1. The van der Waals surface area contributed by atoms with Crippen LogP contribution in [0.25, 0.3) is 27.8 Å². The Morgan fingerprint density at radius 2 is 1.18 bits per heavy atom. The summed E-state index contributed by atoms with van der Waals surface area (Å²) in [5.41, 5.74) is 13.6. The van der Waals surface area contributed by atoms with Gasteiger partial charge in [0.1, 0.15) is 70.6 Å². The Labute approximate surface area is 338 Å². The van der Waals surface area contributed by atoms with Gasteiger partial charge in [-0.05, 0) is 61.7 Å². The highest BCUT2D eigenvalue weighted by Crippen LogP contribution is 2.57. The van der Waals surface area contributed by atoms with Crippen molar-refractivity contribution >= 4 is 142 Å². The van der Waals surface area contributed by atoms with Gasteiger partial charge in [-0.3, -0.25) is 0 Å². The number of rotatable bonds is 4. The molecule has 5 aromatic rings. The van der Waals surface area contributed by atoms with Gasteiger partial charge in [0.05, 0.1) is 0 Å². The molecule has 0 unspecified atom stereocenters. The first-order valence-corrected chi connectivity index (χ1v) is 18.3. The van der Waals surface area contributed by atoms with E-state index in [9.17, 15) is 0 Å². The number of fused-ring (bicyclic) bond motifs is 7. The highest BCUT2D eigenvalue weighted by atomic mass is 15.2. The predicted molar refractivity (Wildman–Crippen MR) is 245 cm³/mol. The van der Waals surface area contributed by atoms with Crippen molar-refractivity contribution in [1.29, 1.82) is 0 Å². The zero-order valence-electron chi connectivity index (χ0n) is 32.3. The number of anilines is 3. The molecule has 0 amide bonds. The Balaban J connectivity index is 1.61. The summed E-state index contributed by atoms with van der Waals surface area (Å²) in [6, 6.07) is 16.0. The van der Waals surface area contributed by atoms with Crippen LogP contribution in [0.5, 0.6) is 0 Å². The molecule has 3 aliphatic rings. The third-order valence-electron chi connectivity index (χ3n) is 12.5. The maximum Gasteiger partial charge on any atom is 0.115 e. The van der Waals surface area contributed by atoms with E-state index in [-0.39, 0.29) is 16.4 Å². The van der Waals surface area contributed by atoms with E-state index in [1.54, 1.807) is 12.1 Å². The van der Waals surface area contributed by atoms with Crippen molar-refractivity contribution in [2.24, 2.45) is 0 Å². The molecule has 0 spiro atoms. The van der Waals surface area contributed by atoms with E-state index in [2.05, 4.69) is 72.9 Å². The van der Waals surface area contributed by atoms with Gasteiger partial charge in [-0.1, -0.05) is 148 Å². The summed E-state index contributed by atoms with van der Waals surface area (Å²) in [5.74, 6) is 0. The number of hydrogen-bond acceptors (Lipinski definition) is 1. The number of nitrogens with zero attached hydrogens (tertiary/aromatic N) is 1. The first-order chi connectivity index (χ1) is 25.7. The van der Waals surface area contributed by atoms with E-state index in [0.29, 0.717) is 61.0 Å². The molecule has 10 heteroatoms. The highest BCUT2D eigenvalue weighted by molar-refractivity contribution is 6.61. The van der Waals surface area contributed by atoms with Crippen LogP contribution in [0.1, 0.15) is 74.9 Å². The Bertz CT molecular complexity index is 2660. The molecule has 18 radical (unpaired) electrons. The molecular weight excluding hydrogens is 652 g/mol. The fourth-order valence-corrected chi connectivity index (χ4v) is 9.88. The third-order valence-corrected chi connectivity index (χ3v) is 12.5. The molecule has 0 aliphatic heterocycles. The molecule has 0 saturated heterocycles. The van der Waals surface area contributed by atoms with Crippen molar-refractivity contribution in [3.05, 3.63) is 113 Å². The van der Waals surface area contributed by atoms with Gasteiger partial charge < -0.3 is 4.90 Å². The molecule has 55 heavy (non-hydrogen) atoms. The molecule has 0 saturated carbocycles. The lowest BCUT2D eigenvalue weighted by atomic mass is 9.64.